The minimum atomic E-state index is -0.617. The Morgan fingerprint density at radius 3 is 2.82 bits per heavy atom. The van der Waals surface area contributed by atoms with Gasteiger partial charge in [0.15, 0.2) is 0 Å². The van der Waals surface area contributed by atoms with Crippen molar-refractivity contribution in [3.8, 4) is 6.07 Å². The Morgan fingerprint density at radius 2 is 2.18 bits per heavy atom. The Morgan fingerprint density at radius 1 is 1.41 bits per heavy atom. The van der Waals surface area contributed by atoms with Gasteiger partial charge in [-0.15, -0.1) is 0 Å². The van der Waals surface area contributed by atoms with E-state index in [1.807, 2.05) is 44.2 Å². The van der Waals surface area contributed by atoms with E-state index in [-0.39, 0.29) is 0 Å². The maximum atomic E-state index is 10.1. The molecule has 1 heterocycles. The van der Waals surface area contributed by atoms with Crippen LogP contribution in [0, 0.1) is 18.3 Å². The number of aryl methyl sites for hydroxylation is 1. The molecule has 1 N–H and O–H groups in total. The summed E-state index contributed by atoms with van der Waals surface area (Å²) < 4.78 is 0. The van der Waals surface area contributed by atoms with Gasteiger partial charge in [-0.05, 0) is 31.5 Å². The summed E-state index contributed by atoms with van der Waals surface area (Å²) in [6.45, 7) is 3.84. The summed E-state index contributed by atoms with van der Waals surface area (Å²) in [5.74, 6) is 0. The zero-order chi connectivity index (χ0) is 12.5. The smallest absolute Gasteiger partial charge is 0.141 e. The molecule has 1 aromatic rings. The van der Waals surface area contributed by atoms with E-state index in [4.69, 9.17) is 5.26 Å². The molecule has 0 amide bonds. The maximum Gasteiger partial charge on any atom is 0.141 e. The Kier molecular flexibility index (Phi) is 2.83. The molecule has 0 saturated carbocycles. The zero-order valence-corrected chi connectivity index (χ0v) is 9.88. The molecule has 0 aliphatic heterocycles. The lowest BCUT2D eigenvalue weighted by Gasteiger charge is -2.31. The van der Waals surface area contributed by atoms with Gasteiger partial charge in [0.1, 0.15) is 11.8 Å². The number of hydrogen-bond donors (Lipinski definition) is 1. The largest absolute Gasteiger partial charge is 0.388 e. The Labute approximate surface area is 101 Å². The molecule has 2 unspecified atom stereocenters. The summed E-state index contributed by atoms with van der Waals surface area (Å²) in [4.78, 5) is 4.29. The molecular weight excluding hydrogens is 212 g/mol. The second-order valence-electron chi connectivity index (χ2n) is 4.50. The third kappa shape index (κ3) is 2.00. The molecule has 1 aliphatic carbocycles. The first kappa shape index (κ1) is 11.6. The lowest BCUT2D eigenvalue weighted by Crippen LogP contribution is -2.35. The SMILES string of the molecule is Cc1cc(C#N)nc(C2(C)C=CC=CC2O)c1. The molecular formula is C14H14N2O. The van der Waals surface area contributed by atoms with Gasteiger partial charge >= 0.3 is 0 Å². The predicted octanol–water partition coefficient (Wildman–Crippen LogP) is 2.01. The standard InChI is InChI=1S/C14H14N2O/c1-10-7-11(9-15)16-12(8-10)14(2)6-4-3-5-13(14)17/h3-8,13,17H,1-2H3. The number of pyridine rings is 1. The molecule has 2 rings (SSSR count). The van der Waals surface area contributed by atoms with Crippen LogP contribution in [0.15, 0.2) is 36.4 Å². The van der Waals surface area contributed by atoms with Crippen LogP contribution in [0.25, 0.3) is 0 Å². The van der Waals surface area contributed by atoms with E-state index in [2.05, 4.69) is 4.98 Å². The van der Waals surface area contributed by atoms with Crippen LogP contribution < -0.4 is 0 Å². The van der Waals surface area contributed by atoms with Gasteiger partial charge in [0.2, 0.25) is 0 Å². The van der Waals surface area contributed by atoms with Crippen LogP contribution in [0.1, 0.15) is 23.9 Å². The summed E-state index contributed by atoms with van der Waals surface area (Å²) in [5, 5.41) is 19.0. The van der Waals surface area contributed by atoms with Crippen molar-refractivity contribution in [3.05, 3.63) is 53.4 Å². The van der Waals surface area contributed by atoms with E-state index >= 15 is 0 Å². The first-order chi connectivity index (χ1) is 8.06. The van der Waals surface area contributed by atoms with Crippen LogP contribution in [0.4, 0.5) is 0 Å². The third-order valence-corrected chi connectivity index (χ3v) is 3.10. The van der Waals surface area contributed by atoms with Crippen LogP contribution in [-0.4, -0.2) is 16.2 Å². The van der Waals surface area contributed by atoms with Crippen LogP contribution in [0.5, 0.6) is 0 Å². The van der Waals surface area contributed by atoms with Gasteiger partial charge in [-0.3, -0.25) is 0 Å². The van der Waals surface area contributed by atoms with Crippen molar-refractivity contribution in [2.75, 3.05) is 0 Å². The molecule has 0 bridgehead atoms. The van der Waals surface area contributed by atoms with Crippen LogP contribution in [0.2, 0.25) is 0 Å². The fourth-order valence-electron chi connectivity index (χ4n) is 1.96. The molecule has 0 aromatic carbocycles. The highest BCUT2D eigenvalue weighted by Gasteiger charge is 2.33. The van der Waals surface area contributed by atoms with E-state index < -0.39 is 11.5 Å². The maximum absolute atomic E-state index is 10.1. The molecule has 86 valence electrons. The summed E-state index contributed by atoms with van der Waals surface area (Å²) >= 11 is 0. The zero-order valence-electron chi connectivity index (χ0n) is 9.88. The Bertz CT molecular complexity index is 540. The minimum absolute atomic E-state index is 0.386. The van der Waals surface area contributed by atoms with Crippen molar-refractivity contribution in [2.45, 2.75) is 25.4 Å². The highest BCUT2D eigenvalue weighted by molar-refractivity contribution is 5.38. The summed E-state index contributed by atoms with van der Waals surface area (Å²) in [6.07, 6.45) is 6.74. The molecule has 0 radical (unpaired) electrons. The monoisotopic (exact) mass is 226 g/mol. The van der Waals surface area contributed by atoms with Crippen LogP contribution in [0.3, 0.4) is 0 Å². The molecule has 3 heteroatoms. The van der Waals surface area contributed by atoms with E-state index in [9.17, 15) is 5.11 Å². The lowest BCUT2D eigenvalue weighted by atomic mass is 9.77. The van der Waals surface area contributed by atoms with Crippen molar-refractivity contribution in [1.82, 2.24) is 4.98 Å². The lowest BCUT2D eigenvalue weighted by molar-refractivity contribution is 0.156. The van der Waals surface area contributed by atoms with Gasteiger partial charge in [0.05, 0.1) is 17.2 Å². The summed E-state index contributed by atoms with van der Waals surface area (Å²) in [7, 11) is 0. The van der Waals surface area contributed by atoms with Crippen molar-refractivity contribution >= 4 is 0 Å². The van der Waals surface area contributed by atoms with E-state index in [0.717, 1.165) is 11.3 Å². The van der Waals surface area contributed by atoms with Gasteiger partial charge < -0.3 is 5.11 Å². The van der Waals surface area contributed by atoms with E-state index in [0.29, 0.717) is 5.69 Å². The average Bonchev–Trinajstić information content (AvgIpc) is 2.32. The predicted molar refractivity (Wildman–Crippen MR) is 65.3 cm³/mol. The first-order valence-corrected chi connectivity index (χ1v) is 5.49. The fraction of sp³-hybridized carbons (Fsp3) is 0.286. The molecule has 0 fully saturated rings. The van der Waals surface area contributed by atoms with Crippen LogP contribution >= 0.6 is 0 Å². The number of aliphatic hydroxyl groups excluding tert-OH is 1. The van der Waals surface area contributed by atoms with Crippen molar-refractivity contribution in [2.24, 2.45) is 0 Å². The fourth-order valence-corrected chi connectivity index (χ4v) is 1.96. The van der Waals surface area contributed by atoms with Gasteiger partial charge in [-0.1, -0.05) is 24.3 Å². The van der Waals surface area contributed by atoms with Gasteiger partial charge in [0, 0.05) is 0 Å². The molecule has 1 aromatic heterocycles. The first-order valence-electron chi connectivity index (χ1n) is 5.49. The number of aromatic nitrogens is 1. The van der Waals surface area contributed by atoms with Gasteiger partial charge in [0.25, 0.3) is 0 Å². The number of rotatable bonds is 1. The molecule has 1 aliphatic rings. The Balaban J connectivity index is 2.54. The second kappa shape index (κ2) is 4.15. The molecule has 0 saturated heterocycles. The van der Waals surface area contributed by atoms with Gasteiger partial charge in [-0.25, -0.2) is 4.98 Å². The molecule has 3 nitrogen and oxygen atoms in total. The topological polar surface area (TPSA) is 56.9 Å². The second-order valence-corrected chi connectivity index (χ2v) is 4.50. The van der Waals surface area contributed by atoms with Crippen molar-refractivity contribution < 1.29 is 5.11 Å². The third-order valence-electron chi connectivity index (χ3n) is 3.10. The number of nitrogens with zero attached hydrogens (tertiary/aromatic N) is 2. The number of nitriles is 1. The highest BCUT2D eigenvalue weighted by atomic mass is 16.3. The summed E-state index contributed by atoms with van der Waals surface area (Å²) in [5.41, 5.74) is 1.52. The normalized spacial score (nSPS) is 26.8. The molecule has 17 heavy (non-hydrogen) atoms. The highest BCUT2D eigenvalue weighted by Crippen LogP contribution is 2.31. The molecule has 2 atom stereocenters. The minimum Gasteiger partial charge on any atom is -0.388 e. The Hall–Kier alpha value is -1.92. The number of hydrogen-bond acceptors (Lipinski definition) is 3. The van der Waals surface area contributed by atoms with Crippen molar-refractivity contribution in [3.63, 3.8) is 0 Å². The molecule has 0 spiro atoms. The van der Waals surface area contributed by atoms with E-state index in [1.165, 1.54) is 0 Å². The van der Waals surface area contributed by atoms with E-state index in [1.54, 1.807) is 12.1 Å². The van der Waals surface area contributed by atoms with Gasteiger partial charge in [-0.2, -0.15) is 5.26 Å². The number of allylic oxidation sites excluding steroid dienone is 2. The number of aliphatic hydroxyl groups is 1. The summed E-state index contributed by atoms with van der Waals surface area (Å²) in [6, 6.07) is 5.69. The van der Waals surface area contributed by atoms with Crippen molar-refractivity contribution in [1.29, 1.82) is 5.26 Å². The van der Waals surface area contributed by atoms with Crippen LogP contribution in [-0.2, 0) is 5.41 Å². The average molecular weight is 226 g/mol. The quantitative estimate of drug-likeness (QED) is 0.796.